The number of hydrogen-bond donors (Lipinski definition) is 1. The van der Waals surface area contributed by atoms with Gasteiger partial charge in [0.1, 0.15) is 0 Å². The Hall–Kier alpha value is -1.83. The summed E-state index contributed by atoms with van der Waals surface area (Å²) in [6.45, 7) is 0.617. The van der Waals surface area contributed by atoms with Gasteiger partial charge in [-0.2, -0.15) is 5.26 Å². The normalized spacial score (nSPS) is 11.7. The van der Waals surface area contributed by atoms with Crippen molar-refractivity contribution in [1.29, 1.82) is 5.26 Å². The molecule has 0 radical (unpaired) electrons. The van der Waals surface area contributed by atoms with Crippen molar-refractivity contribution in [3.63, 3.8) is 0 Å². The van der Waals surface area contributed by atoms with Gasteiger partial charge in [-0.05, 0) is 41.5 Å². The van der Waals surface area contributed by atoms with E-state index in [0.29, 0.717) is 22.9 Å². The highest BCUT2D eigenvalue weighted by atomic mass is 35.5. The molecule has 0 amide bonds. The summed E-state index contributed by atoms with van der Waals surface area (Å²) >= 11 is 6.10. The average Bonchev–Trinajstić information content (AvgIpc) is 2.48. The van der Waals surface area contributed by atoms with Crippen molar-refractivity contribution < 1.29 is 4.21 Å². The molecule has 0 saturated carbocycles. The number of nitrogens with one attached hydrogen (secondary N) is 1. The first kappa shape index (κ1) is 15.6. The molecule has 0 aliphatic heterocycles. The SMILES string of the molecule is C[S@@](=O)Cc1cc(NCc2cccc(C#N)c2)ccc1Cl. The molecule has 0 aliphatic rings. The maximum Gasteiger partial charge on any atom is 0.0991 e. The minimum atomic E-state index is -0.928. The third-order valence-corrected chi connectivity index (χ3v) is 4.04. The van der Waals surface area contributed by atoms with E-state index in [9.17, 15) is 4.21 Å². The molecule has 2 aromatic carbocycles. The molecule has 5 heteroatoms. The molecule has 0 fully saturated rings. The molecule has 108 valence electrons. The zero-order valence-electron chi connectivity index (χ0n) is 11.6. The fourth-order valence-corrected chi connectivity index (χ4v) is 2.91. The highest BCUT2D eigenvalue weighted by Crippen LogP contribution is 2.22. The molecule has 21 heavy (non-hydrogen) atoms. The molecule has 0 unspecified atom stereocenters. The Morgan fingerprint density at radius 1 is 1.29 bits per heavy atom. The third kappa shape index (κ3) is 4.59. The summed E-state index contributed by atoms with van der Waals surface area (Å²) in [5.41, 5.74) is 3.47. The molecular formula is C16H15ClN2OS. The van der Waals surface area contributed by atoms with E-state index in [0.717, 1.165) is 16.8 Å². The second kappa shape index (κ2) is 7.26. The Bertz CT molecular complexity index is 710. The van der Waals surface area contributed by atoms with Gasteiger partial charge in [0, 0.05) is 40.1 Å². The number of nitriles is 1. The molecule has 2 rings (SSSR count). The van der Waals surface area contributed by atoms with Gasteiger partial charge in [0.05, 0.1) is 11.6 Å². The quantitative estimate of drug-likeness (QED) is 0.914. The maximum atomic E-state index is 11.3. The molecule has 0 bridgehead atoms. The second-order valence-corrected chi connectivity index (χ2v) is 6.53. The Balaban J connectivity index is 2.09. The first-order valence-electron chi connectivity index (χ1n) is 6.40. The largest absolute Gasteiger partial charge is 0.381 e. The maximum absolute atomic E-state index is 11.3. The molecule has 0 aliphatic carbocycles. The van der Waals surface area contributed by atoms with Crippen molar-refractivity contribution in [2.24, 2.45) is 0 Å². The molecule has 0 saturated heterocycles. The van der Waals surface area contributed by atoms with Crippen LogP contribution in [0.1, 0.15) is 16.7 Å². The monoisotopic (exact) mass is 318 g/mol. The first-order valence-corrected chi connectivity index (χ1v) is 8.50. The van der Waals surface area contributed by atoms with Gasteiger partial charge >= 0.3 is 0 Å². The zero-order chi connectivity index (χ0) is 15.2. The Labute approximate surface area is 132 Å². The lowest BCUT2D eigenvalue weighted by molar-refractivity contribution is 0.686. The van der Waals surface area contributed by atoms with Crippen molar-refractivity contribution in [3.8, 4) is 6.07 Å². The minimum Gasteiger partial charge on any atom is -0.381 e. The van der Waals surface area contributed by atoms with Crippen molar-refractivity contribution in [2.75, 3.05) is 11.6 Å². The van der Waals surface area contributed by atoms with Crippen LogP contribution in [0.2, 0.25) is 5.02 Å². The lowest BCUT2D eigenvalue weighted by Crippen LogP contribution is -2.01. The van der Waals surface area contributed by atoms with E-state index >= 15 is 0 Å². The Morgan fingerprint density at radius 2 is 2.10 bits per heavy atom. The van der Waals surface area contributed by atoms with E-state index in [1.807, 2.05) is 30.3 Å². The van der Waals surface area contributed by atoms with Crippen LogP contribution in [0, 0.1) is 11.3 Å². The van der Waals surface area contributed by atoms with Crippen LogP contribution in [-0.2, 0) is 23.1 Å². The summed E-state index contributed by atoms with van der Waals surface area (Å²) in [6, 6.07) is 15.2. The standard InChI is InChI=1S/C16H15ClN2OS/c1-21(20)11-14-8-15(5-6-16(14)17)19-10-13-4-2-3-12(7-13)9-18/h2-8,19H,10-11H2,1H3/t21-/m1/s1. The van der Waals surface area contributed by atoms with Crippen LogP contribution in [-0.4, -0.2) is 10.5 Å². The molecule has 0 heterocycles. The number of halogens is 1. The Morgan fingerprint density at radius 3 is 2.81 bits per heavy atom. The average molecular weight is 319 g/mol. The summed E-state index contributed by atoms with van der Waals surface area (Å²) in [4.78, 5) is 0. The molecule has 1 N–H and O–H groups in total. The fourth-order valence-electron chi connectivity index (χ4n) is 1.97. The highest BCUT2D eigenvalue weighted by Gasteiger charge is 2.04. The molecular weight excluding hydrogens is 304 g/mol. The van der Waals surface area contributed by atoms with E-state index in [4.69, 9.17) is 16.9 Å². The van der Waals surface area contributed by atoms with Gasteiger partial charge in [-0.1, -0.05) is 23.7 Å². The van der Waals surface area contributed by atoms with Gasteiger partial charge < -0.3 is 5.32 Å². The zero-order valence-corrected chi connectivity index (χ0v) is 13.2. The fraction of sp³-hybridized carbons (Fsp3) is 0.188. The minimum absolute atomic E-state index is 0.443. The van der Waals surface area contributed by atoms with E-state index < -0.39 is 10.8 Å². The number of rotatable bonds is 5. The Kier molecular flexibility index (Phi) is 5.38. The third-order valence-electron chi connectivity index (χ3n) is 2.96. The predicted molar refractivity (Wildman–Crippen MR) is 87.7 cm³/mol. The van der Waals surface area contributed by atoms with E-state index in [1.54, 1.807) is 18.4 Å². The number of benzene rings is 2. The van der Waals surface area contributed by atoms with Gasteiger partial charge in [-0.25, -0.2) is 0 Å². The summed E-state index contributed by atoms with van der Waals surface area (Å²) in [7, 11) is -0.928. The predicted octanol–water partition coefficient (Wildman–Crippen LogP) is 3.70. The van der Waals surface area contributed by atoms with Gasteiger partial charge in [0.2, 0.25) is 0 Å². The van der Waals surface area contributed by atoms with Crippen LogP contribution in [0.15, 0.2) is 42.5 Å². The molecule has 0 spiro atoms. The topological polar surface area (TPSA) is 52.9 Å². The first-order chi connectivity index (χ1) is 10.1. The lowest BCUT2D eigenvalue weighted by atomic mass is 10.1. The van der Waals surface area contributed by atoms with Crippen molar-refractivity contribution in [1.82, 2.24) is 0 Å². The number of nitrogens with zero attached hydrogens (tertiary/aromatic N) is 1. The van der Waals surface area contributed by atoms with E-state index in [1.165, 1.54) is 0 Å². The van der Waals surface area contributed by atoms with Crippen molar-refractivity contribution in [3.05, 3.63) is 64.2 Å². The van der Waals surface area contributed by atoms with Crippen molar-refractivity contribution >= 4 is 28.1 Å². The molecule has 0 aromatic heterocycles. The molecule has 3 nitrogen and oxygen atoms in total. The van der Waals surface area contributed by atoms with E-state index in [2.05, 4.69) is 11.4 Å². The van der Waals surface area contributed by atoms with Gasteiger partial charge in [-0.3, -0.25) is 4.21 Å². The summed E-state index contributed by atoms with van der Waals surface area (Å²) in [5.74, 6) is 0.443. The summed E-state index contributed by atoms with van der Waals surface area (Å²) in [6.07, 6.45) is 1.66. The smallest absolute Gasteiger partial charge is 0.0991 e. The van der Waals surface area contributed by atoms with Crippen LogP contribution >= 0.6 is 11.6 Å². The van der Waals surface area contributed by atoms with Crippen molar-refractivity contribution in [2.45, 2.75) is 12.3 Å². The number of hydrogen-bond acceptors (Lipinski definition) is 3. The van der Waals surface area contributed by atoms with Crippen LogP contribution in [0.5, 0.6) is 0 Å². The van der Waals surface area contributed by atoms with Gasteiger partial charge in [-0.15, -0.1) is 0 Å². The van der Waals surface area contributed by atoms with Gasteiger partial charge in [0.15, 0.2) is 0 Å². The highest BCUT2D eigenvalue weighted by molar-refractivity contribution is 7.83. The second-order valence-electron chi connectivity index (χ2n) is 4.69. The van der Waals surface area contributed by atoms with Gasteiger partial charge in [0.25, 0.3) is 0 Å². The van der Waals surface area contributed by atoms with Crippen LogP contribution < -0.4 is 5.32 Å². The lowest BCUT2D eigenvalue weighted by Gasteiger charge is -2.10. The molecule has 2 aromatic rings. The van der Waals surface area contributed by atoms with Crippen LogP contribution in [0.3, 0.4) is 0 Å². The van der Waals surface area contributed by atoms with Crippen LogP contribution in [0.25, 0.3) is 0 Å². The number of anilines is 1. The summed E-state index contributed by atoms with van der Waals surface area (Å²) in [5, 5.41) is 12.8. The van der Waals surface area contributed by atoms with E-state index in [-0.39, 0.29) is 0 Å². The molecule has 1 atom stereocenters. The summed E-state index contributed by atoms with van der Waals surface area (Å²) < 4.78 is 11.3. The van der Waals surface area contributed by atoms with Crippen LogP contribution in [0.4, 0.5) is 5.69 Å².